The van der Waals surface area contributed by atoms with Gasteiger partial charge in [-0.15, -0.1) is 0 Å². The molecule has 2 rings (SSSR count). The molecular weight excluding hydrogens is 328 g/mol. The molecule has 0 unspecified atom stereocenters. The fraction of sp³-hybridized carbons (Fsp3) is 0.0909. The van der Waals surface area contributed by atoms with Crippen molar-refractivity contribution in [2.45, 2.75) is 0 Å². The van der Waals surface area contributed by atoms with E-state index in [1.165, 1.54) is 14.2 Å². The first-order chi connectivity index (χ1) is 12.7. The quantitative estimate of drug-likeness (QED) is 0.449. The van der Waals surface area contributed by atoms with Gasteiger partial charge < -0.3 is 9.47 Å². The summed E-state index contributed by atoms with van der Waals surface area (Å²) in [7, 11) is 2.53. The van der Waals surface area contributed by atoms with Crippen molar-refractivity contribution in [3.63, 3.8) is 0 Å². The second-order valence-corrected chi connectivity index (χ2v) is 5.29. The average Bonchev–Trinajstić information content (AvgIpc) is 2.70. The molecule has 4 nitrogen and oxygen atoms in total. The van der Waals surface area contributed by atoms with E-state index in [2.05, 4.69) is 4.74 Å². The highest BCUT2D eigenvalue weighted by molar-refractivity contribution is 6.10. The maximum Gasteiger partial charge on any atom is 0.338 e. The molecule has 0 heterocycles. The summed E-state index contributed by atoms with van der Waals surface area (Å²) in [5, 5.41) is 0. The van der Waals surface area contributed by atoms with Gasteiger partial charge in [-0.1, -0.05) is 78.9 Å². The molecule has 0 aliphatic rings. The Morgan fingerprint density at radius 2 is 1.46 bits per heavy atom. The lowest BCUT2D eigenvalue weighted by Gasteiger charge is -2.10. The standard InChI is InChI=1S/C22H20O4/c1-25-21(23)16-20(22(24)26-2)19(18-13-7-4-8-14-18)15-9-12-17-10-5-3-6-11-17/h3-16H,1-2H3/b12-9-,19-15+,20-16+. The lowest BCUT2D eigenvalue weighted by Crippen LogP contribution is -2.10. The lowest BCUT2D eigenvalue weighted by atomic mass is 9.96. The molecule has 0 spiro atoms. The zero-order chi connectivity index (χ0) is 18.8. The number of allylic oxidation sites excluding steroid dienone is 2. The van der Waals surface area contributed by atoms with E-state index < -0.39 is 11.9 Å². The molecule has 0 saturated carbocycles. The van der Waals surface area contributed by atoms with Gasteiger partial charge in [0.05, 0.1) is 19.8 Å². The molecule has 0 radical (unpaired) electrons. The van der Waals surface area contributed by atoms with Crippen molar-refractivity contribution >= 4 is 23.6 Å². The summed E-state index contributed by atoms with van der Waals surface area (Å²) in [6.45, 7) is 0. The van der Waals surface area contributed by atoms with Gasteiger partial charge in [-0.25, -0.2) is 9.59 Å². The van der Waals surface area contributed by atoms with E-state index in [0.29, 0.717) is 5.57 Å². The zero-order valence-corrected chi connectivity index (χ0v) is 14.7. The second-order valence-electron chi connectivity index (χ2n) is 5.29. The molecule has 0 aromatic heterocycles. The Bertz CT molecular complexity index is 831. The lowest BCUT2D eigenvalue weighted by molar-refractivity contribution is -0.138. The highest BCUT2D eigenvalue weighted by atomic mass is 16.5. The maximum absolute atomic E-state index is 12.2. The Hall–Kier alpha value is -3.40. The van der Waals surface area contributed by atoms with Crippen molar-refractivity contribution in [3.05, 3.63) is 95.6 Å². The Balaban J connectivity index is 2.50. The molecule has 0 bridgehead atoms. The molecule has 0 saturated heterocycles. The molecule has 0 fully saturated rings. The van der Waals surface area contributed by atoms with Crippen LogP contribution in [0.4, 0.5) is 0 Å². The number of hydrogen-bond acceptors (Lipinski definition) is 4. The van der Waals surface area contributed by atoms with Gasteiger partial charge in [-0.3, -0.25) is 0 Å². The van der Waals surface area contributed by atoms with E-state index >= 15 is 0 Å². The van der Waals surface area contributed by atoms with Crippen LogP contribution in [0, 0.1) is 0 Å². The van der Waals surface area contributed by atoms with Crippen molar-refractivity contribution in [3.8, 4) is 0 Å². The number of methoxy groups -OCH3 is 2. The summed E-state index contributed by atoms with van der Waals surface area (Å²) < 4.78 is 9.51. The van der Waals surface area contributed by atoms with Gasteiger partial charge in [-0.05, 0) is 16.7 Å². The minimum Gasteiger partial charge on any atom is -0.466 e. The Morgan fingerprint density at radius 3 is 2.04 bits per heavy atom. The number of carbonyl (C=O) groups is 2. The number of ether oxygens (including phenoxy) is 2. The molecule has 0 amide bonds. The normalized spacial score (nSPS) is 12.1. The average molecular weight is 348 g/mol. The fourth-order valence-corrected chi connectivity index (χ4v) is 2.31. The minimum absolute atomic E-state index is 0.128. The van der Waals surface area contributed by atoms with Crippen molar-refractivity contribution < 1.29 is 19.1 Å². The molecule has 0 atom stereocenters. The fourth-order valence-electron chi connectivity index (χ4n) is 2.31. The summed E-state index contributed by atoms with van der Waals surface area (Å²) in [6.07, 6.45) is 6.65. The van der Waals surface area contributed by atoms with Crippen LogP contribution in [0.5, 0.6) is 0 Å². The molecule has 132 valence electrons. The van der Waals surface area contributed by atoms with Crippen LogP contribution in [-0.2, 0) is 19.1 Å². The number of benzene rings is 2. The number of carbonyl (C=O) groups excluding carboxylic acids is 2. The van der Waals surface area contributed by atoms with Crippen LogP contribution < -0.4 is 0 Å². The van der Waals surface area contributed by atoms with E-state index in [1.807, 2.05) is 72.8 Å². The maximum atomic E-state index is 12.2. The van der Waals surface area contributed by atoms with Gasteiger partial charge in [-0.2, -0.15) is 0 Å². The van der Waals surface area contributed by atoms with Gasteiger partial charge in [0.1, 0.15) is 0 Å². The van der Waals surface area contributed by atoms with Gasteiger partial charge in [0, 0.05) is 6.08 Å². The van der Waals surface area contributed by atoms with E-state index in [-0.39, 0.29) is 5.57 Å². The Morgan fingerprint density at radius 1 is 0.846 bits per heavy atom. The van der Waals surface area contributed by atoms with Crippen LogP contribution in [0.1, 0.15) is 11.1 Å². The van der Waals surface area contributed by atoms with Crippen molar-refractivity contribution in [1.29, 1.82) is 0 Å². The summed E-state index contributed by atoms with van der Waals surface area (Å²) >= 11 is 0. The van der Waals surface area contributed by atoms with Crippen LogP contribution in [0.2, 0.25) is 0 Å². The van der Waals surface area contributed by atoms with Gasteiger partial charge in [0.15, 0.2) is 0 Å². The number of esters is 2. The molecule has 26 heavy (non-hydrogen) atoms. The molecule has 0 aliphatic heterocycles. The first-order valence-corrected chi connectivity index (χ1v) is 8.03. The van der Waals surface area contributed by atoms with Gasteiger partial charge in [0.25, 0.3) is 0 Å². The molecule has 4 heteroatoms. The van der Waals surface area contributed by atoms with Gasteiger partial charge >= 0.3 is 11.9 Å². The summed E-state index contributed by atoms with van der Waals surface area (Å²) in [5.74, 6) is -1.24. The molecule has 0 aliphatic carbocycles. The summed E-state index contributed by atoms with van der Waals surface area (Å²) in [6, 6.07) is 19.1. The third-order valence-electron chi connectivity index (χ3n) is 3.59. The summed E-state index contributed by atoms with van der Waals surface area (Å²) in [5.41, 5.74) is 2.50. The number of rotatable bonds is 6. The first kappa shape index (κ1) is 18.9. The van der Waals surface area contributed by atoms with Crippen molar-refractivity contribution in [1.82, 2.24) is 0 Å². The highest BCUT2D eigenvalue weighted by Gasteiger charge is 2.18. The molecule has 2 aromatic carbocycles. The smallest absolute Gasteiger partial charge is 0.338 e. The van der Waals surface area contributed by atoms with E-state index in [0.717, 1.165) is 17.2 Å². The Kier molecular flexibility index (Phi) is 7.13. The highest BCUT2D eigenvalue weighted by Crippen LogP contribution is 2.24. The van der Waals surface area contributed by atoms with Crippen molar-refractivity contribution in [2.24, 2.45) is 0 Å². The molecular formula is C22H20O4. The third-order valence-corrected chi connectivity index (χ3v) is 3.59. The largest absolute Gasteiger partial charge is 0.466 e. The van der Waals surface area contributed by atoms with E-state index in [4.69, 9.17) is 4.74 Å². The van der Waals surface area contributed by atoms with E-state index in [1.54, 1.807) is 6.08 Å². The Labute approximate surface area is 153 Å². The first-order valence-electron chi connectivity index (χ1n) is 8.03. The van der Waals surface area contributed by atoms with Crippen LogP contribution in [-0.4, -0.2) is 26.2 Å². The van der Waals surface area contributed by atoms with E-state index in [9.17, 15) is 9.59 Å². The summed E-state index contributed by atoms with van der Waals surface area (Å²) in [4.78, 5) is 24.0. The topological polar surface area (TPSA) is 52.6 Å². The third kappa shape index (κ3) is 5.31. The van der Waals surface area contributed by atoms with Crippen LogP contribution in [0.15, 0.2) is 84.5 Å². The van der Waals surface area contributed by atoms with Crippen LogP contribution in [0.25, 0.3) is 11.6 Å². The zero-order valence-electron chi connectivity index (χ0n) is 14.7. The predicted octanol–water partition coefficient (Wildman–Crippen LogP) is 4.06. The monoisotopic (exact) mass is 348 g/mol. The number of hydrogen-bond donors (Lipinski definition) is 0. The minimum atomic E-state index is -0.626. The van der Waals surface area contributed by atoms with Crippen LogP contribution >= 0.6 is 0 Å². The second kappa shape index (κ2) is 9.79. The SMILES string of the molecule is COC(=O)\C=C(C(=O)OC)/C(=C/C=C\c1ccccc1)c1ccccc1. The van der Waals surface area contributed by atoms with Gasteiger partial charge in [0.2, 0.25) is 0 Å². The molecule has 0 N–H and O–H groups in total. The predicted molar refractivity (Wildman–Crippen MR) is 102 cm³/mol. The van der Waals surface area contributed by atoms with Crippen LogP contribution in [0.3, 0.4) is 0 Å². The van der Waals surface area contributed by atoms with Crippen molar-refractivity contribution in [2.75, 3.05) is 14.2 Å². The molecule has 2 aromatic rings.